The van der Waals surface area contributed by atoms with Crippen LogP contribution in [0.3, 0.4) is 0 Å². The number of halogens is 3. The Bertz CT molecular complexity index is 1410. The van der Waals surface area contributed by atoms with E-state index in [1.54, 1.807) is 12.1 Å². The Hall–Kier alpha value is -3.62. The van der Waals surface area contributed by atoms with Gasteiger partial charge in [-0.1, -0.05) is 31.5 Å². The van der Waals surface area contributed by atoms with Gasteiger partial charge in [0.2, 0.25) is 0 Å². The van der Waals surface area contributed by atoms with Gasteiger partial charge in [-0.15, -0.1) is 0 Å². The van der Waals surface area contributed by atoms with Crippen LogP contribution >= 0.6 is 0 Å². The molecule has 210 valence electrons. The molecule has 2 fully saturated rings. The lowest BCUT2D eigenvalue weighted by molar-refractivity contribution is -0.152. The molecule has 0 radical (unpaired) electrons. The van der Waals surface area contributed by atoms with E-state index in [2.05, 4.69) is 0 Å². The Kier molecular flexibility index (Phi) is 7.27. The van der Waals surface area contributed by atoms with Gasteiger partial charge in [0.15, 0.2) is 23.1 Å². The highest BCUT2D eigenvalue weighted by molar-refractivity contribution is 6.28. The lowest BCUT2D eigenvalue weighted by Crippen LogP contribution is -2.55. The first kappa shape index (κ1) is 27.9. The Morgan fingerprint density at radius 2 is 1.60 bits per heavy atom. The molecule has 2 aromatic rings. The molecular formula is C31H29F3O6. The number of hydrogen-bond donors (Lipinski definition) is 0. The Morgan fingerprint density at radius 3 is 2.23 bits per heavy atom. The van der Waals surface area contributed by atoms with Crippen LogP contribution in [0.5, 0.6) is 5.75 Å². The fraction of sp³-hybridized carbons (Fsp3) is 0.452. The molecule has 6 nitrogen and oxygen atoms in total. The molecule has 0 saturated heterocycles. The monoisotopic (exact) mass is 554 g/mol. The van der Waals surface area contributed by atoms with Crippen LogP contribution in [-0.4, -0.2) is 35.5 Å². The summed E-state index contributed by atoms with van der Waals surface area (Å²) in [6.07, 6.45) is -2.45. The average Bonchev–Trinajstić information content (AvgIpc) is 2.87. The molecule has 0 N–H and O–H groups in total. The number of hydrogen-bond acceptors (Lipinski definition) is 6. The smallest absolute Gasteiger partial charge is 0.416 e. The second-order valence-electron chi connectivity index (χ2n) is 11.0. The minimum Gasteiger partial charge on any atom is -0.493 e. The van der Waals surface area contributed by atoms with Gasteiger partial charge >= 0.3 is 6.18 Å². The fourth-order valence-corrected chi connectivity index (χ4v) is 6.66. The number of rotatable bonds is 6. The molecule has 5 atom stereocenters. The van der Waals surface area contributed by atoms with Crippen molar-refractivity contribution in [3.05, 3.63) is 53.1 Å². The third kappa shape index (κ3) is 4.69. The summed E-state index contributed by atoms with van der Waals surface area (Å²) >= 11 is 0. The van der Waals surface area contributed by atoms with Gasteiger partial charge in [0, 0.05) is 6.42 Å². The first-order valence-corrected chi connectivity index (χ1v) is 13.5. The summed E-state index contributed by atoms with van der Waals surface area (Å²) < 4.78 is 45.4. The minimum atomic E-state index is -4.49. The highest BCUT2D eigenvalue weighted by Gasteiger charge is 2.57. The molecule has 9 heteroatoms. The van der Waals surface area contributed by atoms with E-state index < -0.39 is 70.2 Å². The van der Waals surface area contributed by atoms with Crippen molar-refractivity contribution in [1.29, 1.82) is 0 Å². The van der Waals surface area contributed by atoms with Crippen molar-refractivity contribution in [1.82, 2.24) is 0 Å². The van der Waals surface area contributed by atoms with Crippen LogP contribution in [0.2, 0.25) is 0 Å². The van der Waals surface area contributed by atoms with E-state index in [4.69, 9.17) is 4.74 Å². The van der Waals surface area contributed by atoms with Gasteiger partial charge in [-0.3, -0.25) is 24.0 Å². The quantitative estimate of drug-likeness (QED) is 0.347. The summed E-state index contributed by atoms with van der Waals surface area (Å²) in [7, 11) is 0. The topological polar surface area (TPSA) is 94.6 Å². The number of carbonyl (C=O) groups is 5. The van der Waals surface area contributed by atoms with Crippen LogP contribution in [-0.2, 0) is 31.8 Å². The van der Waals surface area contributed by atoms with E-state index in [0.29, 0.717) is 29.0 Å². The number of ether oxygens (including phenoxy) is 1. The number of Topliss-reactive ketones (excluding diaryl/α,β-unsaturated/α-hetero) is 5. The molecule has 5 unspecified atom stereocenters. The molecular weight excluding hydrogens is 525 g/mol. The Morgan fingerprint density at radius 1 is 0.925 bits per heavy atom. The minimum absolute atomic E-state index is 0.0808. The van der Waals surface area contributed by atoms with Crippen molar-refractivity contribution in [2.75, 3.05) is 6.61 Å². The van der Waals surface area contributed by atoms with E-state index in [9.17, 15) is 37.1 Å². The number of alkyl halides is 3. The highest BCUT2D eigenvalue weighted by Crippen LogP contribution is 2.50. The first-order valence-electron chi connectivity index (χ1n) is 13.5. The number of unbranched alkanes of at least 4 members (excludes halogenated alkanes) is 1. The third-order valence-electron chi connectivity index (χ3n) is 8.49. The first-order chi connectivity index (χ1) is 18.9. The maximum absolute atomic E-state index is 14.1. The van der Waals surface area contributed by atoms with Crippen molar-refractivity contribution < 1.29 is 41.9 Å². The lowest BCUT2D eigenvalue weighted by atomic mass is 9.55. The number of ketones is 5. The van der Waals surface area contributed by atoms with Gasteiger partial charge in [-0.05, 0) is 72.9 Å². The second kappa shape index (κ2) is 10.4. The number of fused-ring (bicyclic) bond motifs is 3. The van der Waals surface area contributed by atoms with Crippen molar-refractivity contribution in [2.24, 2.45) is 29.6 Å². The number of benzene rings is 2. The zero-order valence-electron chi connectivity index (χ0n) is 22.2. The maximum atomic E-state index is 14.1. The zero-order valence-corrected chi connectivity index (χ0v) is 22.2. The predicted molar refractivity (Wildman–Crippen MR) is 138 cm³/mol. The molecule has 3 aliphatic carbocycles. The molecule has 40 heavy (non-hydrogen) atoms. The fourth-order valence-electron chi connectivity index (χ4n) is 6.66. The van der Waals surface area contributed by atoms with E-state index in [1.165, 1.54) is 12.1 Å². The molecule has 2 saturated carbocycles. The standard InChI is InChI=1S/C31H29F3O6/c1-3-4-11-40-23-10-9-20(16-5-7-19(8-6-16)31(32,33)34)21-13-17-12-18-14-22(36)24(15(2)35)28(37)26(18)29(38)25(17)30(39)27(21)23/h5-10,17-18,24-26H,3-4,11-14H2,1-2H3. The molecule has 0 amide bonds. The molecule has 0 bridgehead atoms. The summed E-state index contributed by atoms with van der Waals surface area (Å²) in [6.45, 7) is 3.48. The molecule has 0 aliphatic heterocycles. The summed E-state index contributed by atoms with van der Waals surface area (Å²) in [6, 6.07) is 8.01. The van der Waals surface area contributed by atoms with E-state index >= 15 is 0 Å². The van der Waals surface area contributed by atoms with Crippen molar-refractivity contribution in [2.45, 2.75) is 52.1 Å². The summed E-state index contributed by atoms with van der Waals surface area (Å²) in [4.78, 5) is 65.6. The number of carbonyl (C=O) groups excluding carboxylic acids is 5. The predicted octanol–water partition coefficient (Wildman–Crippen LogP) is 5.47. The molecule has 0 aromatic heterocycles. The SMILES string of the molecule is CCCCOc1ccc(-c2ccc(C(F)(F)F)cc2)c2c1C(=O)C1C(=O)C3C(=O)C(C(C)=O)C(=O)CC3CC1C2. The van der Waals surface area contributed by atoms with Crippen LogP contribution in [0.1, 0.15) is 61.0 Å². The van der Waals surface area contributed by atoms with Gasteiger partial charge in [0.25, 0.3) is 0 Å². The summed E-state index contributed by atoms with van der Waals surface area (Å²) in [5.41, 5.74) is 1.06. The van der Waals surface area contributed by atoms with E-state index in [1.807, 2.05) is 6.92 Å². The molecule has 0 spiro atoms. The van der Waals surface area contributed by atoms with Crippen molar-refractivity contribution >= 4 is 28.9 Å². The maximum Gasteiger partial charge on any atom is 0.416 e. The molecule has 3 aliphatic rings. The average molecular weight is 555 g/mol. The third-order valence-corrected chi connectivity index (χ3v) is 8.49. The highest BCUT2D eigenvalue weighted by atomic mass is 19.4. The second-order valence-corrected chi connectivity index (χ2v) is 11.0. The van der Waals surface area contributed by atoms with Gasteiger partial charge in [0.1, 0.15) is 17.5 Å². The van der Waals surface area contributed by atoms with Crippen LogP contribution in [0.4, 0.5) is 13.2 Å². The van der Waals surface area contributed by atoms with Crippen LogP contribution in [0.15, 0.2) is 36.4 Å². The van der Waals surface area contributed by atoms with Crippen molar-refractivity contribution in [3.63, 3.8) is 0 Å². The van der Waals surface area contributed by atoms with Crippen LogP contribution in [0, 0.1) is 29.6 Å². The zero-order chi connectivity index (χ0) is 28.9. The van der Waals surface area contributed by atoms with Gasteiger partial charge in [0.05, 0.1) is 29.6 Å². The van der Waals surface area contributed by atoms with Crippen LogP contribution in [0.25, 0.3) is 11.1 Å². The Labute approximate surface area is 229 Å². The normalized spacial score (nSPS) is 26.2. The van der Waals surface area contributed by atoms with Gasteiger partial charge < -0.3 is 4.74 Å². The lowest BCUT2D eigenvalue weighted by Gasteiger charge is -2.44. The largest absolute Gasteiger partial charge is 0.493 e. The molecule has 5 rings (SSSR count). The Balaban J connectivity index is 1.58. The van der Waals surface area contributed by atoms with E-state index in [-0.39, 0.29) is 24.8 Å². The summed E-state index contributed by atoms with van der Waals surface area (Å²) in [5.74, 6) is -7.39. The summed E-state index contributed by atoms with van der Waals surface area (Å²) in [5, 5.41) is 0. The van der Waals surface area contributed by atoms with Crippen LogP contribution < -0.4 is 4.74 Å². The molecule has 0 heterocycles. The van der Waals surface area contributed by atoms with Gasteiger partial charge in [-0.25, -0.2) is 0 Å². The molecule has 2 aromatic carbocycles. The van der Waals surface area contributed by atoms with Gasteiger partial charge in [-0.2, -0.15) is 13.2 Å². The van der Waals surface area contributed by atoms with E-state index in [0.717, 1.165) is 31.9 Å². The van der Waals surface area contributed by atoms with Crippen molar-refractivity contribution in [3.8, 4) is 16.9 Å².